The van der Waals surface area contributed by atoms with Gasteiger partial charge in [-0.25, -0.2) is 9.97 Å². The van der Waals surface area contributed by atoms with Gasteiger partial charge >= 0.3 is 0 Å². The number of benzene rings is 2. The molecule has 0 spiro atoms. The summed E-state index contributed by atoms with van der Waals surface area (Å²) in [6, 6.07) is 14.2. The van der Waals surface area contributed by atoms with Gasteiger partial charge in [-0.2, -0.15) is 0 Å². The first-order chi connectivity index (χ1) is 12.6. The van der Waals surface area contributed by atoms with Gasteiger partial charge in [0.15, 0.2) is 0 Å². The summed E-state index contributed by atoms with van der Waals surface area (Å²) in [5.74, 6) is 6.58. The average Bonchev–Trinajstić information content (AvgIpc) is 2.68. The average molecular weight is 344 g/mol. The molecule has 1 amide bonds. The highest BCUT2D eigenvalue weighted by molar-refractivity contribution is 6.04. The number of carbonyl (C=O) groups excluding carboxylic acids is 1. The third-order valence-electron chi connectivity index (χ3n) is 3.48. The highest BCUT2D eigenvalue weighted by Gasteiger charge is 2.07. The van der Waals surface area contributed by atoms with Crippen LogP contribution in [0, 0.1) is 11.8 Å². The molecule has 0 radical (unpaired) electrons. The third kappa shape index (κ3) is 4.36. The molecule has 0 aliphatic carbocycles. The first-order valence-electron chi connectivity index (χ1n) is 7.79. The summed E-state index contributed by atoms with van der Waals surface area (Å²) >= 11 is 0. The lowest BCUT2D eigenvalue weighted by Gasteiger charge is -2.07. The second-order valence-corrected chi connectivity index (χ2v) is 5.35. The molecule has 0 aliphatic rings. The van der Waals surface area contributed by atoms with E-state index in [-0.39, 0.29) is 11.9 Å². The lowest BCUT2D eigenvalue weighted by molar-refractivity contribution is 0.102. The van der Waals surface area contributed by atoms with Crippen molar-refractivity contribution in [3.05, 3.63) is 77.6 Å². The number of nitrogen functional groups attached to an aromatic ring is 1. The number of nitrogens with one attached hydrogen (secondary N) is 1. The lowest BCUT2D eigenvalue weighted by atomic mass is 10.1. The summed E-state index contributed by atoms with van der Waals surface area (Å²) < 4.78 is 5.14. The van der Waals surface area contributed by atoms with Crippen LogP contribution in [0.4, 0.5) is 11.6 Å². The number of methoxy groups -OCH3 is 1. The largest absolute Gasteiger partial charge is 0.497 e. The van der Waals surface area contributed by atoms with Crippen LogP contribution < -0.4 is 15.8 Å². The first-order valence-corrected chi connectivity index (χ1v) is 7.79. The molecular weight excluding hydrogens is 328 g/mol. The molecule has 1 heterocycles. The molecule has 128 valence electrons. The van der Waals surface area contributed by atoms with E-state index in [4.69, 9.17) is 10.5 Å². The van der Waals surface area contributed by atoms with E-state index < -0.39 is 0 Å². The zero-order valence-corrected chi connectivity index (χ0v) is 14.1. The zero-order chi connectivity index (χ0) is 18.4. The fourth-order valence-corrected chi connectivity index (χ4v) is 2.19. The second-order valence-electron chi connectivity index (χ2n) is 5.35. The minimum absolute atomic E-state index is 0.206. The summed E-state index contributed by atoms with van der Waals surface area (Å²) in [5, 5.41) is 2.85. The molecule has 0 aliphatic heterocycles. The molecule has 1 aromatic heterocycles. The van der Waals surface area contributed by atoms with Gasteiger partial charge in [0.05, 0.1) is 12.7 Å². The quantitative estimate of drug-likeness (QED) is 0.713. The van der Waals surface area contributed by atoms with E-state index in [9.17, 15) is 4.79 Å². The Labute approximate surface area is 151 Å². The highest BCUT2D eigenvalue weighted by atomic mass is 16.5. The smallest absolute Gasteiger partial charge is 0.255 e. The van der Waals surface area contributed by atoms with Crippen LogP contribution in [0.25, 0.3) is 0 Å². The minimum atomic E-state index is -0.221. The Balaban J connectivity index is 1.75. The fraction of sp³-hybridized carbons (Fsp3) is 0.0500. The lowest BCUT2D eigenvalue weighted by Crippen LogP contribution is -2.11. The molecule has 6 nitrogen and oxygen atoms in total. The van der Waals surface area contributed by atoms with Crippen LogP contribution in [0.3, 0.4) is 0 Å². The number of hydrogen-bond donors (Lipinski definition) is 2. The summed E-state index contributed by atoms with van der Waals surface area (Å²) in [5.41, 5.74) is 8.03. The van der Waals surface area contributed by atoms with Gasteiger partial charge in [-0.3, -0.25) is 4.79 Å². The van der Waals surface area contributed by atoms with Crippen molar-refractivity contribution in [1.29, 1.82) is 0 Å². The topological polar surface area (TPSA) is 90.1 Å². The van der Waals surface area contributed by atoms with Gasteiger partial charge in [-0.1, -0.05) is 24.0 Å². The van der Waals surface area contributed by atoms with Gasteiger partial charge < -0.3 is 15.8 Å². The Morgan fingerprint density at radius 1 is 1.04 bits per heavy atom. The van der Waals surface area contributed by atoms with Crippen LogP contribution >= 0.6 is 0 Å². The molecule has 26 heavy (non-hydrogen) atoms. The Kier molecular flexibility index (Phi) is 5.11. The molecule has 6 heteroatoms. The first kappa shape index (κ1) is 17.0. The van der Waals surface area contributed by atoms with Crippen LogP contribution in [0.5, 0.6) is 5.75 Å². The molecule has 3 rings (SSSR count). The van der Waals surface area contributed by atoms with Crippen molar-refractivity contribution in [3.8, 4) is 17.6 Å². The number of nitrogens with two attached hydrogens (primary N) is 1. The molecule has 3 aromatic rings. The van der Waals surface area contributed by atoms with E-state index in [1.165, 1.54) is 0 Å². The number of anilines is 2. The van der Waals surface area contributed by atoms with E-state index in [0.29, 0.717) is 22.6 Å². The molecule has 0 bridgehead atoms. The van der Waals surface area contributed by atoms with E-state index in [1.807, 2.05) is 12.1 Å². The monoisotopic (exact) mass is 344 g/mol. The van der Waals surface area contributed by atoms with Gasteiger partial charge in [0, 0.05) is 29.2 Å². The van der Waals surface area contributed by atoms with Crippen LogP contribution in [-0.2, 0) is 0 Å². The van der Waals surface area contributed by atoms with Crippen molar-refractivity contribution < 1.29 is 9.53 Å². The number of rotatable bonds is 3. The molecule has 0 unspecified atom stereocenters. The minimum Gasteiger partial charge on any atom is -0.497 e. The van der Waals surface area contributed by atoms with Crippen molar-refractivity contribution >= 4 is 17.5 Å². The molecular formula is C20H16N4O2. The summed E-state index contributed by atoms with van der Waals surface area (Å²) in [4.78, 5) is 20.2. The molecule has 0 saturated carbocycles. The second kappa shape index (κ2) is 7.81. The van der Waals surface area contributed by atoms with E-state index in [2.05, 4.69) is 27.1 Å². The molecule has 3 N–H and O–H groups in total. The number of carbonyl (C=O) groups is 1. The van der Waals surface area contributed by atoms with Gasteiger partial charge in [0.1, 0.15) is 5.75 Å². The number of ether oxygens (including phenoxy) is 1. The Hall–Kier alpha value is -3.85. The molecule has 0 saturated heterocycles. The van der Waals surface area contributed by atoms with Gasteiger partial charge in [0.2, 0.25) is 5.95 Å². The number of hydrogen-bond acceptors (Lipinski definition) is 5. The number of nitrogens with zero attached hydrogens (tertiary/aromatic N) is 2. The third-order valence-corrected chi connectivity index (χ3v) is 3.48. The van der Waals surface area contributed by atoms with Crippen molar-refractivity contribution in [2.45, 2.75) is 0 Å². The maximum absolute atomic E-state index is 12.4. The van der Waals surface area contributed by atoms with E-state index >= 15 is 0 Å². The summed E-state index contributed by atoms with van der Waals surface area (Å²) in [7, 11) is 1.56. The maximum atomic E-state index is 12.4. The maximum Gasteiger partial charge on any atom is 0.255 e. The SMILES string of the molecule is COc1cccc(C(=O)Nc2cccc(C#Cc3cnc(N)nc3)c2)c1. The van der Waals surface area contributed by atoms with Gasteiger partial charge in [0.25, 0.3) is 5.91 Å². The number of aromatic nitrogens is 2. The predicted molar refractivity (Wildman–Crippen MR) is 99.8 cm³/mol. The van der Waals surface area contributed by atoms with Crippen molar-refractivity contribution in [2.75, 3.05) is 18.2 Å². The Bertz CT molecular complexity index is 988. The Morgan fingerprint density at radius 2 is 1.77 bits per heavy atom. The van der Waals surface area contributed by atoms with E-state index in [1.54, 1.807) is 55.9 Å². The molecule has 2 aromatic carbocycles. The summed E-state index contributed by atoms with van der Waals surface area (Å²) in [6.07, 6.45) is 3.12. The van der Waals surface area contributed by atoms with Gasteiger partial charge in [-0.05, 0) is 36.4 Å². The van der Waals surface area contributed by atoms with Crippen molar-refractivity contribution in [3.63, 3.8) is 0 Å². The molecule has 0 atom stereocenters. The number of amides is 1. The normalized spacial score (nSPS) is 9.73. The predicted octanol–water partition coefficient (Wildman–Crippen LogP) is 2.72. The van der Waals surface area contributed by atoms with Crippen LogP contribution in [0.15, 0.2) is 60.9 Å². The van der Waals surface area contributed by atoms with Crippen molar-refractivity contribution in [1.82, 2.24) is 9.97 Å². The standard InChI is InChI=1S/C20H16N4O2/c1-26-18-7-3-5-16(11-18)19(25)24-17-6-2-4-14(10-17)8-9-15-12-22-20(21)23-13-15/h2-7,10-13H,1H3,(H,24,25)(H2,21,22,23). The van der Waals surface area contributed by atoms with Crippen LogP contribution in [0.2, 0.25) is 0 Å². The van der Waals surface area contributed by atoms with Crippen molar-refractivity contribution in [2.24, 2.45) is 0 Å². The van der Waals surface area contributed by atoms with Crippen LogP contribution in [0.1, 0.15) is 21.5 Å². The summed E-state index contributed by atoms with van der Waals surface area (Å²) in [6.45, 7) is 0. The van der Waals surface area contributed by atoms with Crippen LogP contribution in [-0.4, -0.2) is 23.0 Å². The highest BCUT2D eigenvalue weighted by Crippen LogP contribution is 2.15. The molecule has 0 fully saturated rings. The zero-order valence-electron chi connectivity index (χ0n) is 14.1. The Morgan fingerprint density at radius 3 is 2.54 bits per heavy atom. The fourth-order valence-electron chi connectivity index (χ4n) is 2.19. The van der Waals surface area contributed by atoms with Gasteiger partial charge in [-0.15, -0.1) is 0 Å². The van der Waals surface area contributed by atoms with E-state index in [0.717, 1.165) is 5.56 Å².